The number of hydrogen-bond donors (Lipinski definition) is 2. The second-order valence-electron chi connectivity index (χ2n) is 5.68. The first kappa shape index (κ1) is 20.3. The third-order valence-electron chi connectivity index (χ3n) is 3.29. The van der Waals surface area contributed by atoms with Crippen LogP contribution in [0, 0.1) is 0 Å². The van der Waals surface area contributed by atoms with Crippen LogP contribution in [0.25, 0.3) is 0 Å². The lowest BCUT2D eigenvalue weighted by Crippen LogP contribution is -2.39. The molecule has 1 fully saturated rings. The van der Waals surface area contributed by atoms with Gasteiger partial charge in [0.05, 0.1) is 6.54 Å². The molecule has 1 aliphatic rings. The molecule has 1 rings (SSSR count). The van der Waals surface area contributed by atoms with E-state index in [0.29, 0.717) is 4.75 Å². The minimum absolute atomic E-state index is 0. The normalized spacial score (nSPS) is 22.8. The van der Waals surface area contributed by atoms with E-state index >= 15 is 0 Å². The van der Waals surface area contributed by atoms with E-state index in [0.717, 1.165) is 38.6 Å². The lowest BCUT2D eigenvalue weighted by molar-refractivity contribution is 0.399. The summed E-state index contributed by atoms with van der Waals surface area (Å²) >= 11 is 2.07. The summed E-state index contributed by atoms with van der Waals surface area (Å²) in [6.45, 7) is 8.38. The number of halogens is 1. The van der Waals surface area contributed by atoms with Gasteiger partial charge in [0.25, 0.3) is 0 Å². The Morgan fingerprint density at radius 2 is 2.10 bits per heavy atom. The summed E-state index contributed by atoms with van der Waals surface area (Å²) in [5.74, 6) is 2.26. The predicted octanol–water partition coefficient (Wildman–Crippen LogP) is 2.40. The lowest BCUT2D eigenvalue weighted by Gasteiger charge is -2.21. The standard InChI is InChI=1S/C14H30N4S.HI/c1-5-15-13(16-9-7-10-18(3)4)17-12-14(2)8-6-11-19-14;/h5-12H2,1-4H3,(H2,15,16,17);1H. The second-order valence-corrected chi connectivity index (χ2v) is 7.36. The van der Waals surface area contributed by atoms with Crippen molar-refractivity contribution < 1.29 is 0 Å². The molecule has 0 aromatic carbocycles. The summed E-state index contributed by atoms with van der Waals surface area (Å²) in [6.07, 6.45) is 3.77. The highest BCUT2D eigenvalue weighted by Gasteiger charge is 2.29. The van der Waals surface area contributed by atoms with E-state index in [9.17, 15) is 0 Å². The molecule has 1 unspecified atom stereocenters. The van der Waals surface area contributed by atoms with E-state index in [4.69, 9.17) is 4.99 Å². The van der Waals surface area contributed by atoms with Gasteiger partial charge in [-0.1, -0.05) is 0 Å². The zero-order valence-electron chi connectivity index (χ0n) is 13.4. The highest BCUT2D eigenvalue weighted by molar-refractivity contribution is 14.0. The van der Waals surface area contributed by atoms with Crippen LogP contribution in [0.1, 0.15) is 33.1 Å². The van der Waals surface area contributed by atoms with Crippen LogP contribution in [0.5, 0.6) is 0 Å². The van der Waals surface area contributed by atoms with Crippen LogP contribution < -0.4 is 10.6 Å². The number of thioether (sulfide) groups is 1. The van der Waals surface area contributed by atoms with Crippen LogP contribution in [0.2, 0.25) is 0 Å². The Hall–Kier alpha value is 0.310. The zero-order valence-corrected chi connectivity index (χ0v) is 16.5. The molecule has 0 spiro atoms. The molecule has 0 aliphatic carbocycles. The van der Waals surface area contributed by atoms with E-state index in [1.807, 2.05) is 0 Å². The van der Waals surface area contributed by atoms with Crippen LogP contribution in [0.15, 0.2) is 4.99 Å². The number of aliphatic imine (C=N–C) groups is 1. The largest absolute Gasteiger partial charge is 0.357 e. The lowest BCUT2D eigenvalue weighted by atomic mass is 10.1. The fourth-order valence-corrected chi connectivity index (χ4v) is 3.38. The molecule has 1 atom stereocenters. The maximum atomic E-state index is 4.74. The first-order chi connectivity index (χ1) is 9.06. The van der Waals surface area contributed by atoms with Crippen LogP contribution in [-0.2, 0) is 0 Å². The predicted molar refractivity (Wildman–Crippen MR) is 103 cm³/mol. The Morgan fingerprint density at radius 1 is 1.35 bits per heavy atom. The highest BCUT2D eigenvalue weighted by atomic mass is 127. The molecule has 0 saturated carbocycles. The molecule has 0 amide bonds. The summed E-state index contributed by atoms with van der Waals surface area (Å²) in [6, 6.07) is 0. The number of rotatable bonds is 7. The van der Waals surface area contributed by atoms with Crippen LogP contribution in [0.4, 0.5) is 0 Å². The van der Waals surface area contributed by atoms with E-state index in [1.165, 1.54) is 18.6 Å². The van der Waals surface area contributed by atoms with E-state index in [-0.39, 0.29) is 24.0 Å². The first-order valence-corrected chi connectivity index (χ1v) is 8.35. The summed E-state index contributed by atoms with van der Waals surface area (Å²) in [5, 5.41) is 6.75. The monoisotopic (exact) mass is 414 g/mol. The minimum atomic E-state index is 0. The Bertz CT molecular complexity index is 278. The maximum Gasteiger partial charge on any atom is 0.191 e. The van der Waals surface area contributed by atoms with Gasteiger partial charge in [0, 0.05) is 17.8 Å². The Balaban J connectivity index is 0.00000361. The number of hydrogen-bond acceptors (Lipinski definition) is 3. The molecule has 6 heteroatoms. The molecule has 1 heterocycles. The van der Waals surface area contributed by atoms with Crippen molar-refractivity contribution >= 4 is 41.7 Å². The molecule has 20 heavy (non-hydrogen) atoms. The van der Waals surface area contributed by atoms with Gasteiger partial charge in [-0.2, -0.15) is 11.8 Å². The average molecular weight is 414 g/mol. The highest BCUT2D eigenvalue weighted by Crippen LogP contribution is 2.37. The summed E-state index contributed by atoms with van der Waals surface area (Å²) in [7, 11) is 4.22. The Kier molecular flexibility index (Phi) is 11.1. The van der Waals surface area contributed by atoms with E-state index in [1.54, 1.807) is 0 Å². The fourth-order valence-electron chi connectivity index (χ4n) is 2.15. The van der Waals surface area contributed by atoms with Crippen molar-refractivity contribution in [1.82, 2.24) is 15.5 Å². The van der Waals surface area contributed by atoms with Crippen molar-refractivity contribution in [2.45, 2.75) is 37.9 Å². The van der Waals surface area contributed by atoms with E-state index in [2.05, 4.69) is 55.2 Å². The SMILES string of the molecule is CCNC(=NCC1(C)CCCS1)NCCCN(C)C.I. The van der Waals surface area contributed by atoms with Crippen molar-refractivity contribution in [2.24, 2.45) is 4.99 Å². The van der Waals surface area contributed by atoms with Gasteiger partial charge < -0.3 is 15.5 Å². The Morgan fingerprint density at radius 3 is 2.65 bits per heavy atom. The van der Waals surface area contributed by atoms with Gasteiger partial charge in [-0.25, -0.2) is 0 Å². The van der Waals surface area contributed by atoms with Crippen molar-refractivity contribution in [1.29, 1.82) is 0 Å². The van der Waals surface area contributed by atoms with Gasteiger partial charge in [0.1, 0.15) is 0 Å². The number of guanidine groups is 1. The van der Waals surface area contributed by atoms with Gasteiger partial charge in [0.15, 0.2) is 5.96 Å². The fraction of sp³-hybridized carbons (Fsp3) is 0.929. The average Bonchev–Trinajstić information content (AvgIpc) is 2.78. The summed E-state index contributed by atoms with van der Waals surface area (Å²) in [5.41, 5.74) is 0. The summed E-state index contributed by atoms with van der Waals surface area (Å²) < 4.78 is 0.353. The molecule has 4 nitrogen and oxygen atoms in total. The second kappa shape index (κ2) is 11.0. The third kappa shape index (κ3) is 8.56. The third-order valence-corrected chi connectivity index (χ3v) is 4.81. The van der Waals surface area contributed by atoms with Gasteiger partial charge in [-0.3, -0.25) is 4.99 Å². The Labute approximate surface area is 145 Å². The molecule has 0 radical (unpaired) electrons. The molecule has 120 valence electrons. The molecule has 1 saturated heterocycles. The molecule has 0 bridgehead atoms. The van der Waals surface area contributed by atoms with Gasteiger partial charge in [0.2, 0.25) is 0 Å². The molecular weight excluding hydrogens is 383 g/mol. The van der Waals surface area contributed by atoms with Crippen LogP contribution >= 0.6 is 35.7 Å². The zero-order chi connectivity index (χ0) is 14.1. The molecule has 1 aliphatic heterocycles. The van der Waals surface area contributed by atoms with Crippen molar-refractivity contribution in [3.05, 3.63) is 0 Å². The molecule has 2 N–H and O–H groups in total. The smallest absolute Gasteiger partial charge is 0.191 e. The molecular formula is C14H31IN4S. The quantitative estimate of drug-likeness (QED) is 0.291. The van der Waals surface area contributed by atoms with Crippen LogP contribution in [0.3, 0.4) is 0 Å². The van der Waals surface area contributed by atoms with Gasteiger partial charge in [-0.15, -0.1) is 24.0 Å². The van der Waals surface area contributed by atoms with Gasteiger partial charge in [-0.05, 0) is 59.5 Å². The number of nitrogens with zero attached hydrogens (tertiary/aromatic N) is 2. The van der Waals surface area contributed by atoms with Gasteiger partial charge >= 0.3 is 0 Å². The van der Waals surface area contributed by atoms with Crippen molar-refractivity contribution in [2.75, 3.05) is 46.0 Å². The summed E-state index contributed by atoms with van der Waals surface area (Å²) in [4.78, 5) is 6.95. The molecule has 0 aromatic rings. The maximum absolute atomic E-state index is 4.74. The van der Waals surface area contributed by atoms with Crippen molar-refractivity contribution in [3.8, 4) is 0 Å². The number of nitrogens with one attached hydrogen (secondary N) is 2. The first-order valence-electron chi connectivity index (χ1n) is 7.36. The minimum Gasteiger partial charge on any atom is -0.357 e. The van der Waals surface area contributed by atoms with E-state index < -0.39 is 0 Å². The van der Waals surface area contributed by atoms with Crippen molar-refractivity contribution in [3.63, 3.8) is 0 Å². The topological polar surface area (TPSA) is 39.7 Å². The van der Waals surface area contributed by atoms with Crippen LogP contribution in [-0.4, -0.2) is 61.6 Å². The molecule has 0 aromatic heterocycles.